The van der Waals surface area contributed by atoms with Gasteiger partial charge in [0.1, 0.15) is 11.5 Å². The number of carbonyl (C=O) groups excluding carboxylic acids is 1. The maximum atomic E-state index is 13.1. The van der Waals surface area contributed by atoms with Crippen LogP contribution in [0.3, 0.4) is 0 Å². The van der Waals surface area contributed by atoms with E-state index in [9.17, 15) is 9.90 Å². The van der Waals surface area contributed by atoms with Crippen LogP contribution in [0, 0.1) is 0 Å². The molecule has 0 saturated heterocycles. The summed E-state index contributed by atoms with van der Waals surface area (Å²) >= 11 is 0. The minimum absolute atomic E-state index is 0.128. The van der Waals surface area contributed by atoms with Crippen molar-refractivity contribution in [1.82, 2.24) is 4.90 Å². The second-order valence-corrected chi connectivity index (χ2v) is 6.18. The fourth-order valence-electron chi connectivity index (χ4n) is 2.88. The first kappa shape index (κ1) is 17.3. The first-order valence-corrected chi connectivity index (χ1v) is 8.40. The quantitative estimate of drug-likeness (QED) is 0.841. The van der Waals surface area contributed by atoms with E-state index in [0.29, 0.717) is 17.1 Å². The number of hydrogen-bond acceptors (Lipinski definition) is 4. The fraction of sp³-hybridized carbons (Fsp3) is 0.350. The predicted molar refractivity (Wildman–Crippen MR) is 95.0 cm³/mol. The standard InChI is InChI=1S/C20H23NO4/c1-24-16-10-11-17(19(12-16)25-2)20(23)21(15-8-9-15)13-18(22)14-6-4-3-5-7-14/h3-7,10-12,15,18,22H,8-9,13H2,1-2H3. The van der Waals surface area contributed by atoms with E-state index in [2.05, 4.69) is 0 Å². The monoisotopic (exact) mass is 341 g/mol. The van der Waals surface area contributed by atoms with Gasteiger partial charge in [0.05, 0.1) is 32.4 Å². The summed E-state index contributed by atoms with van der Waals surface area (Å²) in [5.74, 6) is 0.983. The molecule has 1 aliphatic rings. The van der Waals surface area contributed by atoms with Gasteiger partial charge in [-0.25, -0.2) is 0 Å². The number of benzene rings is 2. The fourth-order valence-corrected chi connectivity index (χ4v) is 2.88. The van der Waals surface area contributed by atoms with Gasteiger partial charge in [-0.05, 0) is 30.5 Å². The van der Waals surface area contributed by atoms with Crippen molar-refractivity contribution in [2.24, 2.45) is 0 Å². The molecule has 3 rings (SSSR count). The molecule has 1 N–H and O–H groups in total. The molecule has 0 radical (unpaired) electrons. The Bertz CT molecular complexity index is 728. The molecule has 1 fully saturated rings. The molecule has 0 spiro atoms. The van der Waals surface area contributed by atoms with E-state index in [0.717, 1.165) is 18.4 Å². The maximum Gasteiger partial charge on any atom is 0.257 e. The Morgan fingerprint density at radius 1 is 1.16 bits per heavy atom. The Hall–Kier alpha value is -2.53. The van der Waals surface area contributed by atoms with Crippen LogP contribution in [-0.4, -0.2) is 42.7 Å². The Kier molecular flexibility index (Phi) is 5.24. The summed E-state index contributed by atoms with van der Waals surface area (Å²) < 4.78 is 10.5. The third-order valence-electron chi connectivity index (χ3n) is 4.44. The molecule has 2 aromatic carbocycles. The topological polar surface area (TPSA) is 59.0 Å². The summed E-state index contributed by atoms with van der Waals surface area (Å²) in [6.07, 6.45) is 1.22. The first-order chi connectivity index (χ1) is 12.1. The van der Waals surface area contributed by atoms with Crippen molar-refractivity contribution in [3.63, 3.8) is 0 Å². The van der Waals surface area contributed by atoms with Crippen LogP contribution in [0.4, 0.5) is 0 Å². The van der Waals surface area contributed by atoms with Gasteiger partial charge in [-0.2, -0.15) is 0 Å². The van der Waals surface area contributed by atoms with E-state index in [-0.39, 0.29) is 18.5 Å². The number of carbonyl (C=O) groups is 1. The number of nitrogens with zero attached hydrogens (tertiary/aromatic N) is 1. The molecule has 0 aliphatic heterocycles. The molecule has 25 heavy (non-hydrogen) atoms. The lowest BCUT2D eigenvalue weighted by Crippen LogP contribution is -2.36. The van der Waals surface area contributed by atoms with E-state index in [1.807, 2.05) is 30.3 Å². The molecular formula is C20H23NO4. The molecule has 1 aliphatic carbocycles. The van der Waals surface area contributed by atoms with Gasteiger partial charge in [-0.1, -0.05) is 30.3 Å². The van der Waals surface area contributed by atoms with Crippen LogP contribution in [0.2, 0.25) is 0 Å². The van der Waals surface area contributed by atoms with Crippen LogP contribution in [0.15, 0.2) is 48.5 Å². The van der Waals surface area contributed by atoms with Crippen molar-refractivity contribution in [2.45, 2.75) is 25.0 Å². The maximum absolute atomic E-state index is 13.1. The summed E-state index contributed by atoms with van der Waals surface area (Å²) in [6.45, 7) is 0.267. The lowest BCUT2D eigenvalue weighted by atomic mass is 10.1. The van der Waals surface area contributed by atoms with Crippen LogP contribution >= 0.6 is 0 Å². The average Bonchev–Trinajstić information content (AvgIpc) is 3.50. The zero-order chi connectivity index (χ0) is 17.8. The normalized spacial score (nSPS) is 14.7. The summed E-state index contributed by atoms with van der Waals surface area (Å²) in [5, 5.41) is 10.5. The van der Waals surface area contributed by atoms with Crippen molar-refractivity contribution in [1.29, 1.82) is 0 Å². The molecule has 1 amide bonds. The average molecular weight is 341 g/mol. The Labute approximate surface area is 147 Å². The summed E-state index contributed by atoms with van der Waals surface area (Å²) in [6, 6.07) is 14.7. The predicted octanol–water partition coefficient (Wildman–Crippen LogP) is 3.04. The molecular weight excluding hydrogens is 318 g/mol. The van der Waals surface area contributed by atoms with Crippen LogP contribution in [0.1, 0.15) is 34.9 Å². The number of hydrogen-bond donors (Lipinski definition) is 1. The van der Waals surface area contributed by atoms with E-state index in [4.69, 9.17) is 9.47 Å². The molecule has 132 valence electrons. The number of methoxy groups -OCH3 is 2. The number of amides is 1. The third-order valence-corrected chi connectivity index (χ3v) is 4.44. The zero-order valence-electron chi connectivity index (χ0n) is 14.5. The molecule has 1 unspecified atom stereocenters. The lowest BCUT2D eigenvalue weighted by Gasteiger charge is -2.26. The number of rotatable bonds is 7. The number of aliphatic hydroxyl groups excluding tert-OH is 1. The Morgan fingerprint density at radius 3 is 2.48 bits per heavy atom. The van der Waals surface area contributed by atoms with E-state index < -0.39 is 6.10 Å². The third kappa shape index (κ3) is 3.94. The van der Waals surface area contributed by atoms with Gasteiger partial charge < -0.3 is 19.5 Å². The summed E-state index contributed by atoms with van der Waals surface area (Å²) in [4.78, 5) is 14.8. The van der Waals surface area contributed by atoms with Crippen LogP contribution in [-0.2, 0) is 0 Å². The van der Waals surface area contributed by atoms with Crippen LogP contribution < -0.4 is 9.47 Å². The van der Waals surface area contributed by atoms with Crippen LogP contribution in [0.25, 0.3) is 0 Å². The molecule has 5 nitrogen and oxygen atoms in total. The van der Waals surface area contributed by atoms with Gasteiger partial charge in [0.2, 0.25) is 0 Å². The molecule has 5 heteroatoms. The molecule has 1 saturated carbocycles. The van der Waals surface area contributed by atoms with Gasteiger partial charge in [-0.3, -0.25) is 4.79 Å². The van der Waals surface area contributed by atoms with Gasteiger partial charge >= 0.3 is 0 Å². The van der Waals surface area contributed by atoms with Crippen molar-refractivity contribution >= 4 is 5.91 Å². The second-order valence-electron chi connectivity index (χ2n) is 6.18. The highest BCUT2D eigenvalue weighted by molar-refractivity contribution is 5.97. The lowest BCUT2D eigenvalue weighted by molar-refractivity contribution is 0.0600. The summed E-state index contributed by atoms with van der Waals surface area (Å²) in [7, 11) is 3.11. The highest BCUT2D eigenvalue weighted by atomic mass is 16.5. The highest BCUT2D eigenvalue weighted by Crippen LogP contribution is 2.33. The van der Waals surface area contributed by atoms with Crippen LogP contribution in [0.5, 0.6) is 11.5 Å². The van der Waals surface area contributed by atoms with Gasteiger partial charge in [0, 0.05) is 12.1 Å². The zero-order valence-corrected chi connectivity index (χ0v) is 14.5. The molecule has 1 atom stereocenters. The second kappa shape index (κ2) is 7.57. The number of ether oxygens (including phenoxy) is 2. The summed E-state index contributed by atoms with van der Waals surface area (Å²) in [5.41, 5.74) is 1.29. The van der Waals surface area contributed by atoms with E-state index in [1.165, 1.54) is 7.11 Å². The smallest absolute Gasteiger partial charge is 0.257 e. The number of aliphatic hydroxyl groups is 1. The largest absolute Gasteiger partial charge is 0.497 e. The van der Waals surface area contributed by atoms with Crippen molar-refractivity contribution in [2.75, 3.05) is 20.8 Å². The van der Waals surface area contributed by atoms with E-state index >= 15 is 0 Å². The Morgan fingerprint density at radius 2 is 1.88 bits per heavy atom. The molecule has 0 heterocycles. The molecule has 0 aromatic heterocycles. The molecule has 2 aromatic rings. The minimum Gasteiger partial charge on any atom is -0.497 e. The first-order valence-electron chi connectivity index (χ1n) is 8.40. The Balaban J connectivity index is 1.82. The minimum atomic E-state index is -0.713. The molecule has 0 bridgehead atoms. The van der Waals surface area contributed by atoms with Crippen molar-refractivity contribution in [3.8, 4) is 11.5 Å². The van der Waals surface area contributed by atoms with E-state index in [1.54, 1.807) is 30.2 Å². The van der Waals surface area contributed by atoms with Gasteiger partial charge in [0.15, 0.2) is 0 Å². The van der Waals surface area contributed by atoms with Gasteiger partial charge in [-0.15, -0.1) is 0 Å². The SMILES string of the molecule is COc1ccc(C(=O)N(CC(O)c2ccccc2)C2CC2)c(OC)c1. The van der Waals surface area contributed by atoms with Crippen molar-refractivity contribution in [3.05, 3.63) is 59.7 Å². The highest BCUT2D eigenvalue weighted by Gasteiger charge is 2.35. The van der Waals surface area contributed by atoms with Crippen molar-refractivity contribution < 1.29 is 19.4 Å². The van der Waals surface area contributed by atoms with Gasteiger partial charge in [0.25, 0.3) is 5.91 Å².